The molecular formula is C13H19N3O2. The minimum Gasteiger partial charge on any atom is -0.481 e. The molecule has 0 aromatic carbocycles. The summed E-state index contributed by atoms with van der Waals surface area (Å²) in [5.41, 5.74) is 0. The van der Waals surface area contributed by atoms with Crippen LogP contribution in [0, 0.1) is 5.92 Å². The smallest absolute Gasteiger partial charge is 0.307 e. The van der Waals surface area contributed by atoms with Crippen LogP contribution in [0.25, 0.3) is 0 Å². The van der Waals surface area contributed by atoms with Crippen molar-refractivity contribution in [1.82, 2.24) is 14.8 Å². The number of aromatic nitrogens is 3. The largest absolute Gasteiger partial charge is 0.481 e. The Kier molecular flexibility index (Phi) is 3.79. The second-order valence-corrected chi connectivity index (χ2v) is 4.75. The second kappa shape index (κ2) is 5.33. The first kappa shape index (κ1) is 12.8. The molecule has 1 aliphatic carbocycles. The fourth-order valence-corrected chi connectivity index (χ4v) is 2.48. The molecule has 18 heavy (non-hydrogen) atoms. The molecule has 0 radical (unpaired) electrons. The molecule has 0 saturated heterocycles. The summed E-state index contributed by atoms with van der Waals surface area (Å²) in [5, 5.41) is 13.6. The Hall–Kier alpha value is -1.65. The third-order valence-electron chi connectivity index (χ3n) is 3.40. The number of carbonyl (C=O) groups is 1. The van der Waals surface area contributed by atoms with Crippen LogP contribution < -0.4 is 0 Å². The molecule has 1 N–H and O–H groups in total. The minimum absolute atomic E-state index is 0.0596. The Morgan fingerprint density at radius 2 is 2.22 bits per heavy atom. The third kappa shape index (κ3) is 2.44. The average Bonchev–Trinajstić information content (AvgIpc) is 2.70. The van der Waals surface area contributed by atoms with E-state index in [2.05, 4.69) is 17.0 Å². The van der Waals surface area contributed by atoms with E-state index in [4.69, 9.17) is 0 Å². The van der Waals surface area contributed by atoms with E-state index in [0.29, 0.717) is 6.42 Å². The van der Waals surface area contributed by atoms with Gasteiger partial charge in [0.25, 0.3) is 0 Å². The number of aliphatic carboxylic acids is 1. The SMILES string of the molecule is CCCc1nc([C@@H]2CC=CC[C@@H]2C(=O)O)n(C)n1. The molecule has 1 aliphatic rings. The molecule has 5 heteroatoms. The van der Waals surface area contributed by atoms with E-state index < -0.39 is 5.97 Å². The standard InChI is InChI=1S/C13H19N3O2/c1-3-6-11-14-12(16(2)15-11)9-7-4-5-8-10(9)13(17)18/h4-5,9-10H,3,6-8H2,1-2H3,(H,17,18)/t9-,10+/m1/s1. The molecule has 98 valence electrons. The van der Waals surface area contributed by atoms with Gasteiger partial charge in [0.15, 0.2) is 5.82 Å². The van der Waals surface area contributed by atoms with Gasteiger partial charge in [-0.2, -0.15) is 5.10 Å². The molecule has 2 atom stereocenters. The van der Waals surface area contributed by atoms with Crippen LogP contribution in [-0.4, -0.2) is 25.8 Å². The first-order chi connectivity index (χ1) is 8.63. The molecule has 0 fully saturated rings. The van der Waals surface area contributed by atoms with Gasteiger partial charge in [-0.15, -0.1) is 0 Å². The quantitative estimate of drug-likeness (QED) is 0.827. The van der Waals surface area contributed by atoms with Crippen LogP contribution in [0.15, 0.2) is 12.2 Å². The van der Waals surface area contributed by atoms with Crippen LogP contribution >= 0.6 is 0 Å². The molecule has 5 nitrogen and oxygen atoms in total. The van der Waals surface area contributed by atoms with Gasteiger partial charge in [-0.25, -0.2) is 4.98 Å². The molecule has 0 spiro atoms. The molecule has 2 rings (SSSR count). The summed E-state index contributed by atoms with van der Waals surface area (Å²) < 4.78 is 1.74. The van der Waals surface area contributed by atoms with Gasteiger partial charge in [-0.05, 0) is 19.3 Å². The van der Waals surface area contributed by atoms with Gasteiger partial charge in [-0.3, -0.25) is 9.48 Å². The van der Waals surface area contributed by atoms with E-state index in [1.807, 2.05) is 19.2 Å². The molecule has 0 aliphatic heterocycles. The third-order valence-corrected chi connectivity index (χ3v) is 3.40. The number of carboxylic acid groups (broad SMARTS) is 1. The topological polar surface area (TPSA) is 68.0 Å². The van der Waals surface area contributed by atoms with Crippen LogP contribution in [0.1, 0.15) is 43.8 Å². The highest BCUT2D eigenvalue weighted by Gasteiger charge is 2.33. The Balaban J connectivity index is 2.28. The van der Waals surface area contributed by atoms with Gasteiger partial charge >= 0.3 is 5.97 Å². The van der Waals surface area contributed by atoms with E-state index in [1.165, 1.54) is 0 Å². The number of allylic oxidation sites excluding steroid dienone is 2. The van der Waals surface area contributed by atoms with E-state index >= 15 is 0 Å². The number of carboxylic acids is 1. The van der Waals surface area contributed by atoms with Crippen molar-refractivity contribution in [1.29, 1.82) is 0 Å². The van der Waals surface area contributed by atoms with Gasteiger partial charge in [0.05, 0.1) is 5.92 Å². The lowest BCUT2D eigenvalue weighted by Gasteiger charge is -2.23. The van der Waals surface area contributed by atoms with Crippen molar-refractivity contribution in [3.8, 4) is 0 Å². The summed E-state index contributed by atoms with van der Waals surface area (Å²) in [5.74, 6) is 0.427. The lowest BCUT2D eigenvalue weighted by molar-refractivity contribution is -0.142. The first-order valence-corrected chi connectivity index (χ1v) is 6.41. The maximum absolute atomic E-state index is 11.3. The van der Waals surface area contributed by atoms with Crippen molar-refractivity contribution in [3.63, 3.8) is 0 Å². The summed E-state index contributed by atoms with van der Waals surface area (Å²) in [6.07, 6.45) is 7.13. The molecule has 0 amide bonds. The fraction of sp³-hybridized carbons (Fsp3) is 0.615. The molecular weight excluding hydrogens is 230 g/mol. The highest BCUT2D eigenvalue weighted by Crippen LogP contribution is 2.33. The van der Waals surface area contributed by atoms with Crippen LogP contribution in [-0.2, 0) is 18.3 Å². The number of rotatable bonds is 4. The predicted molar refractivity (Wildman–Crippen MR) is 67.2 cm³/mol. The number of nitrogens with zero attached hydrogens (tertiary/aromatic N) is 3. The fourth-order valence-electron chi connectivity index (χ4n) is 2.48. The van der Waals surface area contributed by atoms with Gasteiger partial charge in [0.2, 0.25) is 0 Å². The molecule has 0 saturated carbocycles. The Labute approximate surface area is 107 Å². The van der Waals surface area contributed by atoms with Crippen molar-refractivity contribution in [3.05, 3.63) is 23.8 Å². The lowest BCUT2D eigenvalue weighted by atomic mass is 9.82. The number of hydrogen-bond acceptors (Lipinski definition) is 3. The summed E-state index contributed by atoms with van der Waals surface area (Å²) in [6.45, 7) is 2.08. The average molecular weight is 249 g/mol. The second-order valence-electron chi connectivity index (χ2n) is 4.75. The molecule has 0 unspecified atom stereocenters. The molecule has 1 aromatic heterocycles. The molecule has 0 bridgehead atoms. The van der Waals surface area contributed by atoms with Crippen LogP contribution in [0.4, 0.5) is 0 Å². The van der Waals surface area contributed by atoms with Crippen molar-refractivity contribution >= 4 is 5.97 Å². The first-order valence-electron chi connectivity index (χ1n) is 6.41. The zero-order valence-corrected chi connectivity index (χ0v) is 10.8. The van der Waals surface area contributed by atoms with Crippen LogP contribution in [0.5, 0.6) is 0 Å². The van der Waals surface area contributed by atoms with E-state index in [1.54, 1.807) is 4.68 Å². The highest BCUT2D eigenvalue weighted by atomic mass is 16.4. The lowest BCUT2D eigenvalue weighted by Crippen LogP contribution is -2.25. The zero-order chi connectivity index (χ0) is 13.1. The molecule has 1 aromatic rings. The Bertz CT molecular complexity index is 465. The van der Waals surface area contributed by atoms with Crippen molar-refractivity contribution < 1.29 is 9.90 Å². The summed E-state index contributed by atoms with van der Waals surface area (Å²) in [7, 11) is 1.85. The zero-order valence-electron chi connectivity index (χ0n) is 10.8. The normalized spacial score (nSPS) is 23.2. The Morgan fingerprint density at radius 1 is 1.50 bits per heavy atom. The number of hydrogen-bond donors (Lipinski definition) is 1. The Morgan fingerprint density at radius 3 is 2.89 bits per heavy atom. The van der Waals surface area contributed by atoms with Crippen molar-refractivity contribution in [2.24, 2.45) is 13.0 Å². The maximum atomic E-state index is 11.3. The van der Waals surface area contributed by atoms with Gasteiger partial charge in [0, 0.05) is 19.4 Å². The summed E-state index contributed by atoms with van der Waals surface area (Å²) in [6, 6.07) is 0. The predicted octanol–water partition coefficient (Wildman–Crippen LogP) is 1.90. The summed E-state index contributed by atoms with van der Waals surface area (Å²) >= 11 is 0. The van der Waals surface area contributed by atoms with E-state index in [0.717, 1.165) is 30.9 Å². The van der Waals surface area contributed by atoms with Crippen molar-refractivity contribution in [2.45, 2.75) is 38.5 Å². The van der Waals surface area contributed by atoms with Crippen LogP contribution in [0.2, 0.25) is 0 Å². The highest BCUT2D eigenvalue weighted by molar-refractivity contribution is 5.71. The van der Waals surface area contributed by atoms with Crippen LogP contribution in [0.3, 0.4) is 0 Å². The van der Waals surface area contributed by atoms with Gasteiger partial charge in [-0.1, -0.05) is 19.1 Å². The molecule has 1 heterocycles. The monoisotopic (exact) mass is 249 g/mol. The maximum Gasteiger partial charge on any atom is 0.307 e. The van der Waals surface area contributed by atoms with Gasteiger partial charge < -0.3 is 5.11 Å². The van der Waals surface area contributed by atoms with Crippen molar-refractivity contribution in [2.75, 3.05) is 0 Å². The minimum atomic E-state index is -0.746. The van der Waals surface area contributed by atoms with E-state index in [9.17, 15) is 9.90 Å². The van der Waals surface area contributed by atoms with Gasteiger partial charge in [0.1, 0.15) is 5.82 Å². The number of aryl methyl sites for hydroxylation is 2. The van der Waals surface area contributed by atoms with E-state index in [-0.39, 0.29) is 11.8 Å². The summed E-state index contributed by atoms with van der Waals surface area (Å²) in [4.78, 5) is 15.8.